The quantitative estimate of drug-likeness (QED) is 0.680. The van der Waals surface area contributed by atoms with E-state index in [2.05, 4.69) is 15.9 Å². The number of halogens is 1. The number of hydrogen-bond donors (Lipinski definition) is 0. The Kier molecular flexibility index (Phi) is 7.00. The molecule has 1 aromatic heterocycles. The summed E-state index contributed by atoms with van der Waals surface area (Å²) in [4.78, 5) is 19.3. The van der Waals surface area contributed by atoms with Gasteiger partial charge < -0.3 is 9.32 Å². The van der Waals surface area contributed by atoms with E-state index < -0.39 is 6.04 Å². The van der Waals surface area contributed by atoms with Crippen molar-refractivity contribution >= 4 is 5.91 Å². The molecule has 0 spiro atoms. The Bertz CT molecular complexity index is 879. The topological polar surface area (TPSA) is 63.7 Å². The molecule has 1 aliphatic carbocycles. The van der Waals surface area contributed by atoms with Crippen LogP contribution >= 0.6 is 0 Å². The lowest BCUT2D eigenvalue weighted by Crippen LogP contribution is -2.52. The van der Waals surface area contributed by atoms with Crippen LogP contribution in [0.2, 0.25) is 0 Å². The van der Waals surface area contributed by atoms with Crippen LogP contribution in [0.5, 0.6) is 0 Å². The van der Waals surface area contributed by atoms with Crippen molar-refractivity contribution in [3.05, 3.63) is 59.8 Å². The highest BCUT2D eigenvalue weighted by atomic mass is 19.1. The first-order valence-electron chi connectivity index (χ1n) is 11.1. The molecule has 1 atom stereocenters. The molecular formula is C24H29FN4O2. The van der Waals surface area contributed by atoms with Gasteiger partial charge in [-0.3, -0.25) is 14.6 Å². The molecule has 6 nitrogen and oxygen atoms in total. The molecule has 2 aliphatic rings. The van der Waals surface area contributed by atoms with Crippen molar-refractivity contribution in [1.29, 1.82) is 5.26 Å². The van der Waals surface area contributed by atoms with E-state index in [0.29, 0.717) is 45.3 Å². The largest absolute Gasteiger partial charge is 0.468 e. The Morgan fingerprint density at radius 1 is 1.16 bits per heavy atom. The highest BCUT2D eigenvalue weighted by Gasteiger charge is 2.30. The van der Waals surface area contributed by atoms with Crippen LogP contribution in [0.3, 0.4) is 0 Å². The van der Waals surface area contributed by atoms with Crippen molar-refractivity contribution < 1.29 is 13.6 Å². The maximum atomic E-state index is 13.2. The van der Waals surface area contributed by atoms with Crippen molar-refractivity contribution in [2.24, 2.45) is 0 Å². The second-order valence-electron chi connectivity index (χ2n) is 8.42. The molecule has 1 unspecified atom stereocenters. The average Bonchev–Trinajstić information content (AvgIpc) is 3.50. The zero-order chi connectivity index (χ0) is 21.6. The van der Waals surface area contributed by atoms with Crippen LogP contribution < -0.4 is 0 Å². The number of carbonyl (C=O) groups is 1. The first-order chi connectivity index (χ1) is 15.1. The molecule has 31 heavy (non-hydrogen) atoms. The van der Waals surface area contributed by atoms with E-state index in [1.807, 2.05) is 17.0 Å². The second kappa shape index (κ2) is 10.1. The van der Waals surface area contributed by atoms with E-state index in [1.54, 1.807) is 18.4 Å². The molecule has 1 amide bonds. The van der Waals surface area contributed by atoms with E-state index in [1.165, 1.54) is 25.0 Å². The van der Waals surface area contributed by atoms with Gasteiger partial charge in [-0.25, -0.2) is 4.39 Å². The van der Waals surface area contributed by atoms with Gasteiger partial charge in [0.1, 0.15) is 17.6 Å². The van der Waals surface area contributed by atoms with Crippen molar-refractivity contribution in [3.63, 3.8) is 0 Å². The highest BCUT2D eigenvalue weighted by molar-refractivity contribution is 5.78. The van der Waals surface area contributed by atoms with Crippen LogP contribution in [0, 0.1) is 17.1 Å². The average molecular weight is 425 g/mol. The van der Waals surface area contributed by atoms with Gasteiger partial charge in [-0.1, -0.05) is 25.0 Å². The van der Waals surface area contributed by atoms with Crippen molar-refractivity contribution in [3.8, 4) is 6.07 Å². The Morgan fingerprint density at radius 2 is 1.87 bits per heavy atom. The van der Waals surface area contributed by atoms with Crippen molar-refractivity contribution in [2.45, 2.75) is 44.3 Å². The summed E-state index contributed by atoms with van der Waals surface area (Å²) in [5, 5.41) is 9.66. The Balaban J connectivity index is 1.34. The van der Waals surface area contributed by atoms with Gasteiger partial charge in [-0.2, -0.15) is 5.26 Å². The Labute approximate surface area is 182 Å². The van der Waals surface area contributed by atoms with E-state index in [0.717, 1.165) is 24.2 Å². The van der Waals surface area contributed by atoms with Crippen LogP contribution in [0.1, 0.15) is 43.0 Å². The summed E-state index contributed by atoms with van der Waals surface area (Å²) in [5.41, 5.74) is 0.787. The molecule has 0 radical (unpaired) electrons. The number of rotatable bonds is 7. The summed E-state index contributed by atoms with van der Waals surface area (Å²) in [7, 11) is 0. The van der Waals surface area contributed by atoms with E-state index in [4.69, 9.17) is 4.42 Å². The van der Waals surface area contributed by atoms with Gasteiger partial charge in [0, 0.05) is 32.2 Å². The second-order valence-corrected chi connectivity index (χ2v) is 8.42. The minimum atomic E-state index is -0.424. The Morgan fingerprint density at radius 3 is 2.48 bits per heavy atom. The molecule has 1 aromatic carbocycles. The van der Waals surface area contributed by atoms with Gasteiger partial charge in [0.25, 0.3) is 0 Å². The number of nitrogens with zero attached hydrogens (tertiary/aromatic N) is 4. The maximum absolute atomic E-state index is 13.2. The molecule has 1 saturated heterocycles. The third kappa shape index (κ3) is 5.33. The molecule has 1 saturated carbocycles. The summed E-state index contributed by atoms with van der Waals surface area (Å²) >= 11 is 0. The molecule has 4 rings (SSSR count). The number of benzene rings is 1. The molecule has 2 fully saturated rings. The van der Waals surface area contributed by atoms with E-state index in [-0.39, 0.29) is 11.7 Å². The van der Waals surface area contributed by atoms with Crippen LogP contribution in [-0.4, -0.2) is 59.4 Å². The smallest absolute Gasteiger partial charge is 0.236 e. The molecule has 0 bridgehead atoms. The SMILES string of the molecule is N#CC(c1ccc(F)cc1)N1CCN(C(=O)CN(Cc2ccco2)C2CCCC2)CC1. The monoisotopic (exact) mass is 424 g/mol. The van der Waals surface area contributed by atoms with Crippen molar-refractivity contribution in [2.75, 3.05) is 32.7 Å². The highest BCUT2D eigenvalue weighted by Crippen LogP contribution is 2.26. The fourth-order valence-electron chi connectivity index (χ4n) is 4.70. The van der Waals surface area contributed by atoms with Gasteiger partial charge in [0.15, 0.2) is 0 Å². The van der Waals surface area contributed by atoms with E-state index >= 15 is 0 Å². The van der Waals surface area contributed by atoms with Gasteiger partial charge in [0.05, 0.1) is 25.4 Å². The predicted molar refractivity (Wildman–Crippen MR) is 114 cm³/mol. The first kappa shape index (κ1) is 21.5. The van der Waals surface area contributed by atoms with Crippen LogP contribution in [0.4, 0.5) is 4.39 Å². The Hall–Kier alpha value is -2.69. The van der Waals surface area contributed by atoms with Crippen LogP contribution in [0.25, 0.3) is 0 Å². The van der Waals surface area contributed by atoms with Crippen LogP contribution in [0.15, 0.2) is 47.1 Å². The predicted octanol–water partition coefficient (Wildman–Crippen LogP) is 3.57. The molecule has 7 heteroatoms. The third-order valence-corrected chi connectivity index (χ3v) is 6.46. The first-order valence-corrected chi connectivity index (χ1v) is 11.1. The standard InChI is InChI=1S/C24H29FN4O2/c25-20-9-7-19(8-10-20)23(16-26)27-11-13-28(14-12-27)24(30)18-29(21-4-1-2-5-21)17-22-6-3-15-31-22/h3,6-10,15,21,23H,1-2,4-5,11-14,17-18H2. The molecule has 0 N–H and O–H groups in total. The van der Waals surface area contributed by atoms with E-state index in [9.17, 15) is 14.4 Å². The number of nitriles is 1. The third-order valence-electron chi connectivity index (χ3n) is 6.46. The summed E-state index contributed by atoms with van der Waals surface area (Å²) < 4.78 is 18.7. The summed E-state index contributed by atoms with van der Waals surface area (Å²) in [6.07, 6.45) is 6.36. The zero-order valence-corrected chi connectivity index (χ0v) is 17.8. The van der Waals surface area contributed by atoms with Crippen molar-refractivity contribution in [1.82, 2.24) is 14.7 Å². The zero-order valence-electron chi connectivity index (χ0n) is 17.8. The molecular weight excluding hydrogens is 395 g/mol. The summed E-state index contributed by atoms with van der Waals surface area (Å²) in [5.74, 6) is 0.714. The molecule has 1 aliphatic heterocycles. The maximum Gasteiger partial charge on any atom is 0.236 e. The van der Waals surface area contributed by atoms with Gasteiger partial charge in [0.2, 0.25) is 5.91 Å². The van der Waals surface area contributed by atoms with Gasteiger partial charge in [-0.05, 0) is 42.7 Å². The number of amides is 1. The summed E-state index contributed by atoms with van der Waals surface area (Å²) in [6, 6.07) is 12.3. The normalized spacial score (nSPS) is 18.9. The summed E-state index contributed by atoms with van der Waals surface area (Å²) in [6.45, 7) is 3.50. The van der Waals surface area contributed by atoms with Gasteiger partial charge >= 0.3 is 0 Å². The minimum absolute atomic E-state index is 0.133. The molecule has 2 heterocycles. The number of hydrogen-bond acceptors (Lipinski definition) is 5. The molecule has 2 aromatic rings. The van der Waals surface area contributed by atoms with Gasteiger partial charge in [-0.15, -0.1) is 0 Å². The number of furan rings is 1. The van der Waals surface area contributed by atoms with Crippen LogP contribution in [-0.2, 0) is 11.3 Å². The molecule has 164 valence electrons. The number of carbonyl (C=O) groups excluding carboxylic acids is 1. The lowest BCUT2D eigenvalue weighted by molar-refractivity contribution is -0.135. The fraction of sp³-hybridized carbons (Fsp3) is 0.500. The lowest BCUT2D eigenvalue weighted by Gasteiger charge is -2.38. The number of piperazine rings is 1. The lowest BCUT2D eigenvalue weighted by atomic mass is 10.1. The fourth-order valence-corrected chi connectivity index (χ4v) is 4.70. The minimum Gasteiger partial charge on any atom is -0.468 e.